The highest BCUT2D eigenvalue weighted by molar-refractivity contribution is 5.94. The summed E-state index contributed by atoms with van der Waals surface area (Å²) in [4.78, 5) is 23.4. The number of carbonyl (C=O) groups excluding carboxylic acids is 1. The Hall–Kier alpha value is -2.28. The molecule has 1 saturated heterocycles. The normalized spacial score (nSPS) is 20.4. The van der Waals surface area contributed by atoms with Gasteiger partial charge in [0.05, 0.1) is 13.2 Å². The molecule has 2 aromatic heterocycles. The van der Waals surface area contributed by atoms with E-state index in [1.54, 1.807) is 6.33 Å². The minimum Gasteiger partial charge on any atom is -0.379 e. The minimum atomic E-state index is 0.0220. The SMILES string of the molecule is Cc1cc(CC2COCCN(C(=O)c3n[nH]c4c3CCC4)C2)ncn1. The Balaban J connectivity index is 1.48. The number of carbonyl (C=O) groups is 1. The summed E-state index contributed by atoms with van der Waals surface area (Å²) in [6.45, 7) is 4.45. The summed E-state index contributed by atoms with van der Waals surface area (Å²) in [6, 6.07) is 2.00. The Morgan fingerprint density at radius 2 is 2.32 bits per heavy atom. The Labute approximate surface area is 146 Å². The number of hydrogen-bond donors (Lipinski definition) is 1. The number of aromatic amines is 1. The van der Waals surface area contributed by atoms with Crippen molar-refractivity contribution >= 4 is 5.91 Å². The van der Waals surface area contributed by atoms with Crippen LogP contribution in [0.1, 0.15) is 39.6 Å². The van der Waals surface area contributed by atoms with Crippen LogP contribution in [0.3, 0.4) is 0 Å². The molecule has 0 aromatic carbocycles. The molecule has 7 heteroatoms. The highest BCUT2D eigenvalue weighted by Gasteiger charge is 2.29. The molecular formula is C18H23N5O2. The molecule has 1 unspecified atom stereocenters. The molecule has 1 aliphatic heterocycles. The van der Waals surface area contributed by atoms with Crippen molar-refractivity contribution in [3.8, 4) is 0 Å². The Morgan fingerprint density at radius 1 is 1.40 bits per heavy atom. The summed E-state index contributed by atoms with van der Waals surface area (Å²) in [7, 11) is 0. The maximum Gasteiger partial charge on any atom is 0.274 e. The second-order valence-electron chi connectivity index (χ2n) is 6.93. The number of nitrogens with one attached hydrogen (secondary N) is 1. The van der Waals surface area contributed by atoms with Crippen LogP contribution < -0.4 is 0 Å². The number of H-pyrrole nitrogens is 1. The molecule has 2 aromatic rings. The summed E-state index contributed by atoms with van der Waals surface area (Å²) in [5.41, 5.74) is 4.79. The number of rotatable bonds is 3. The molecule has 0 bridgehead atoms. The molecule has 1 fully saturated rings. The minimum absolute atomic E-state index is 0.0220. The lowest BCUT2D eigenvalue weighted by Crippen LogP contribution is -2.37. The lowest BCUT2D eigenvalue weighted by molar-refractivity contribution is 0.0730. The van der Waals surface area contributed by atoms with Gasteiger partial charge < -0.3 is 9.64 Å². The standard InChI is InChI=1S/C18H23N5O2/c1-12-7-14(20-11-19-12)8-13-9-23(5-6-25-10-13)18(24)17-15-3-2-4-16(15)21-22-17/h7,11,13H,2-6,8-10H2,1H3,(H,21,22). The van der Waals surface area contributed by atoms with E-state index in [2.05, 4.69) is 20.2 Å². The number of aromatic nitrogens is 4. The van der Waals surface area contributed by atoms with Crippen molar-refractivity contribution in [3.05, 3.63) is 40.7 Å². The van der Waals surface area contributed by atoms with Crippen LogP contribution in [0.2, 0.25) is 0 Å². The highest BCUT2D eigenvalue weighted by atomic mass is 16.5. The molecule has 2 aliphatic rings. The molecule has 1 aliphatic carbocycles. The van der Waals surface area contributed by atoms with Gasteiger partial charge in [-0.15, -0.1) is 0 Å². The number of amides is 1. The summed E-state index contributed by atoms with van der Waals surface area (Å²) < 4.78 is 5.73. The van der Waals surface area contributed by atoms with Crippen LogP contribution in [0.5, 0.6) is 0 Å². The van der Waals surface area contributed by atoms with E-state index in [0.717, 1.165) is 48.3 Å². The molecule has 1 N–H and O–H groups in total. The summed E-state index contributed by atoms with van der Waals surface area (Å²) in [5, 5.41) is 7.32. The second-order valence-corrected chi connectivity index (χ2v) is 6.93. The van der Waals surface area contributed by atoms with Gasteiger partial charge in [-0.1, -0.05) is 0 Å². The first-order valence-electron chi connectivity index (χ1n) is 8.91. The molecule has 132 valence electrons. The Morgan fingerprint density at radius 3 is 3.20 bits per heavy atom. The van der Waals surface area contributed by atoms with Crippen LogP contribution in [0.4, 0.5) is 0 Å². The third kappa shape index (κ3) is 3.42. The average molecular weight is 341 g/mol. The number of nitrogens with zero attached hydrogens (tertiary/aromatic N) is 4. The largest absolute Gasteiger partial charge is 0.379 e. The predicted molar refractivity (Wildman–Crippen MR) is 91.3 cm³/mol. The van der Waals surface area contributed by atoms with Crippen LogP contribution in [-0.4, -0.2) is 57.3 Å². The lowest BCUT2D eigenvalue weighted by atomic mass is 10.0. The number of aryl methyl sites for hydroxylation is 2. The van der Waals surface area contributed by atoms with Crippen LogP contribution in [0.25, 0.3) is 0 Å². The van der Waals surface area contributed by atoms with E-state index < -0.39 is 0 Å². The monoisotopic (exact) mass is 341 g/mol. The zero-order chi connectivity index (χ0) is 17.2. The van der Waals surface area contributed by atoms with E-state index in [4.69, 9.17) is 4.74 Å². The van der Waals surface area contributed by atoms with Crippen LogP contribution in [0.15, 0.2) is 12.4 Å². The predicted octanol–water partition coefficient (Wildman–Crippen LogP) is 1.33. The van der Waals surface area contributed by atoms with Crippen molar-refractivity contribution in [1.82, 2.24) is 25.1 Å². The van der Waals surface area contributed by atoms with Crippen LogP contribution >= 0.6 is 0 Å². The third-order valence-electron chi connectivity index (χ3n) is 4.99. The first-order chi connectivity index (χ1) is 12.2. The van der Waals surface area contributed by atoms with Gasteiger partial charge in [0.25, 0.3) is 5.91 Å². The topological polar surface area (TPSA) is 84.0 Å². The lowest BCUT2D eigenvalue weighted by Gasteiger charge is -2.23. The number of hydrogen-bond acceptors (Lipinski definition) is 5. The van der Waals surface area contributed by atoms with Crippen LogP contribution in [0, 0.1) is 12.8 Å². The maximum atomic E-state index is 13.0. The Bertz CT molecular complexity index is 773. The first kappa shape index (κ1) is 16.2. The van der Waals surface area contributed by atoms with Crippen molar-refractivity contribution in [1.29, 1.82) is 0 Å². The smallest absolute Gasteiger partial charge is 0.274 e. The molecule has 3 heterocycles. The fraction of sp³-hybridized carbons (Fsp3) is 0.556. The third-order valence-corrected chi connectivity index (χ3v) is 4.99. The first-order valence-corrected chi connectivity index (χ1v) is 8.91. The zero-order valence-electron chi connectivity index (χ0n) is 14.5. The van der Waals surface area contributed by atoms with Crippen molar-refractivity contribution in [2.45, 2.75) is 32.6 Å². The maximum absolute atomic E-state index is 13.0. The van der Waals surface area contributed by atoms with Gasteiger partial charge in [-0.2, -0.15) is 5.10 Å². The van der Waals surface area contributed by atoms with Crippen molar-refractivity contribution in [3.63, 3.8) is 0 Å². The molecule has 7 nitrogen and oxygen atoms in total. The van der Waals surface area contributed by atoms with Gasteiger partial charge in [0.15, 0.2) is 5.69 Å². The molecule has 25 heavy (non-hydrogen) atoms. The van der Waals surface area contributed by atoms with E-state index in [-0.39, 0.29) is 11.8 Å². The van der Waals surface area contributed by atoms with Gasteiger partial charge in [0.2, 0.25) is 0 Å². The molecule has 1 atom stereocenters. The van der Waals surface area contributed by atoms with Crippen molar-refractivity contribution in [2.75, 3.05) is 26.3 Å². The van der Waals surface area contributed by atoms with E-state index in [1.165, 1.54) is 0 Å². The van der Waals surface area contributed by atoms with E-state index in [9.17, 15) is 4.79 Å². The molecule has 0 radical (unpaired) electrons. The molecule has 0 spiro atoms. The van der Waals surface area contributed by atoms with Crippen LogP contribution in [-0.2, 0) is 24.0 Å². The van der Waals surface area contributed by atoms with Gasteiger partial charge >= 0.3 is 0 Å². The van der Waals surface area contributed by atoms with E-state index in [0.29, 0.717) is 32.0 Å². The van der Waals surface area contributed by atoms with Crippen molar-refractivity contribution in [2.24, 2.45) is 5.92 Å². The van der Waals surface area contributed by atoms with E-state index >= 15 is 0 Å². The number of ether oxygens (including phenoxy) is 1. The summed E-state index contributed by atoms with van der Waals surface area (Å²) in [5.74, 6) is 0.251. The quantitative estimate of drug-likeness (QED) is 0.910. The highest BCUT2D eigenvalue weighted by Crippen LogP contribution is 2.24. The van der Waals surface area contributed by atoms with Gasteiger partial charge in [-0.25, -0.2) is 9.97 Å². The molecule has 0 saturated carbocycles. The van der Waals surface area contributed by atoms with Gasteiger partial charge in [-0.3, -0.25) is 9.89 Å². The molecular weight excluding hydrogens is 318 g/mol. The van der Waals surface area contributed by atoms with Gasteiger partial charge in [0, 0.05) is 41.7 Å². The summed E-state index contributed by atoms with van der Waals surface area (Å²) in [6.07, 6.45) is 5.42. The van der Waals surface area contributed by atoms with Crippen molar-refractivity contribution < 1.29 is 9.53 Å². The molecule has 4 rings (SSSR count). The van der Waals surface area contributed by atoms with E-state index in [1.807, 2.05) is 17.9 Å². The Kier molecular flexibility index (Phi) is 4.48. The summed E-state index contributed by atoms with van der Waals surface area (Å²) >= 11 is 0. The molecule has 1 amide bonds. The fourth-order valence-corrected chi connectivity index (χ4v) is 3.75. The zero-order valence-corrected chi connectivity index (χ0v) is 14.5. The number of fused-ring (bicyclic) bond motifs is 1. The van der Waals surface area contributed by atoms with Gasteiger partial charge in [-0.05, 0) is 38.7 Å². The second kappa shape index (κ2) is 6.92. The fourth-order valence-electron chi connectivity index (χ4n) is 3.75. The van der Waals surface area contributed by atoms with Gasteiger partial charge in [0.1, 0.15) is 6.33 Å². The average Bonchev–Trinajstić information content (AvgIpc) is 3.13.